The summed E-state index contributed by atoms with van der Waals surface area (Å²) in [5.41, 5.74) is -0.896. The molecule has 1 aliphatic rings. The third-order valence-electron chi connectivity index (χ3n) is 2.53. The number of anilines is 1. The number of alkyl halides is 2. The lowest BCUT2D eigenvalue weighted by Crippen LogP contribution is -2.18. The highest BCUT2D eigenvalue weighted by Crippen LogP contribution is 2.59. The van der Waals surface area contributed by atoms with Gasteiger partial charge in [0, 0.05) is 13.0 Å². The van der Waals surface area contributed by atoms with Gasteiger partial charge in [0.25, 0.3) is 5.92 Å². The summed E-state index contributed by atoms with van der Waals surface area (Å²) in [5.74, 6) is -2.51. The molecule has 1 aromatic heterocycles. The largest absolute Gasteiger partial charge is 0.359 e. The van der Waals surface area contributed by atoms with Crippen LogP contribution in [0.3, 0.4) is 0 Å². The third kappa shape index (κ3) is 1.58. The Morgan fingerprint density at radius 3 is 2.57 bits per heavy atom. The van der Waals surface area contributed by atoms with Gasteiger partial charge in [-0.25, -0.2) is 8.78 Å². The molecule has 3 nitrogen and oxygen atoms in total. The van der Waals surface area contributed by atoms with Crippen LogP contribution < -0.4 is 5.32 Å². The second kappa shape index (κ2) is 2.85. The molecule has 2 rings (SSSR count). The van der Waals surface area contributed by atoms with E-state index in [-0.39, 0.29) is 13.0 Å². The lowest BCUT2D eigenvalue weighted by Gasteiger charge is -2.09. The molecule has 78 valence electrons. The minimum atomic E-state index is -2.51. The highest BCUT2D eigenvalue weighted by molar-refractivity contribution is 7.15. The zero-order valence-corrected chi connectivity index (χ0v) is 8.79. The summed E-state index contributed by atoms with van der Waals surface area (Å²) in [6.45, 7) is 3.67. The maximum Gasteiger partial charge on any atom is 0.256 e. The van der Waals surface area contributed by atoms with Crippen molar-refractivity contribution < 1.29 is 8.78 Å². The maximum atomic E-state index is 12.8. The van der Waals surface area contributed by atoms with E-state index in [1.165, 1.54) is 11.3 Å². The van der Waals surface area contributed by atoms with Gasteiger partial charge in [-0.3, -0.25) is 0 Å². The molecule has 1 aliphatic carbocycles. The van der Waals surface area contributed by atoms with Gasteiger partial charge in [0.2, 0.25) is 5.13 Å². The van der Waals surface area contributed by atoms with Crippen LogP contribution >= 0.6 is 11.3 Å². The number of aromatic nitrogens is 2. The molecule has 14 heavy (non-hydrogen) atoms. The monoisotopic (exact) mass is 219 g/mol. The van der Waals surface area contributed by atoms with Gasteiger partial charge < -0.3 is 5.32 Å². The van der Waals surface area contributed by atoms with Crippen LogP contribution in [-0.2, 0) is 0 Å². The minimum absolute atomic E-state index is 0.0369. The van der Waals surface area contributed by atoms with E-state index in [9.17, 15) is 8.78 Å². The Morgan fingerprint density at radius 2 is 2.14 bits per heavy atom. The van der Waals surface area contributed by atoms with Crippen LogP contribution in [0.15, 0.2) is 0 Å². The summed E-state index contributed by atoms with van der Waals surface area (Å²) < 4.78 is 25.6. The SMILES string of the molecule is Cc1nnc(NCC2(C)CC2(F)F)s1. The summed E-state index contributed by atoms with van der Waals surface area (Å²) in [6, 6.07) is 0. The van der Waals surface area contributed by atoms with Crippen LogP contribution in [-0.4, -0.2) is 22.7 Å². The summed E-state index contributed by atoms with van der Waals surface area (Å²) in [6.07, 6.45) is -0.0369. The molecule has 0 radical (unpaired) electrons. The van der Waals surface area contributed by atoms with Crippen molar-refractivity contribution in [1.29, 1.82) is 0 Å². The number of hydrogen-bond donors (Lipinski definition) is 1. The number of nitrogens with zero attached hydrogens (tertiary/aromatic N) is 2. The second-order valence-electron chi connectivity index (χ2n) is 3.92. The summed E-state index contributed by atoms with van der Waals surface area (Å²) in [7, 11) is 0. The van der Waals surface area contributed by atoms with Crippen molar-refractivity contribution in [3.05, 3.63) is 5.01 Å². The highest BCUT2D eigenvalue weighted by atomic mass is 32.1. The van der Waals surface area contributed by atoms with E-state index < -0.39 is 11.3 Å². The van der Waals surface area contributed by atoms with Crippen molar-refractivity contribution in [2.75, 3.05) is 11.9 Å². The van der Waals surface area contributed by atoms with Crippen LogP contribution in [0, 0.1) is 12.3 Å². The van der Waals surface area contributed by atoms with Gasteiger partial charge in [-0.15, -0.1) is 10.2 Å². The molecule has 1 unspecified atom stereocenters. The van der Waals surface area contributed by atoms with E-state index in [1.807, 2.05) is 6.92 Å². The molecule has 0 aromatic carbocycles. The molecule has 1 saturated carbocycles. The zero-order valence-electron chi connectivity index (χ0n) is 7.97. The number of nitrogens with one attached hydrogen (secondary N) is 1. The Morgan fingerprint density at radius 1 is 1.50 bits per heavy atom. The van der Waals surface area contributed by atoms with Gasteiger partial charge in [0.05, 0.1) is 5.41 Å². The van der Waals surface area contributed by atoms with Crippen molar-refractivity contribution >= 4 is 16.5 Å². The smallest absolute Gasteiger partial charge is 0.256 e. The van der Waals surface area contributed by atoms with E-state index in [1.54, 1.807) is 6.92 Å². The Balaban J connectivity index is 1.90. The van der Waals surface area contributed by atoms with Gasteiger partial charge in [-0.05, 0) is 6.92 Å². The number of halogens is 2. The van der Waals surface area contributed by atoms with Crippen LogP contribution in [0.1, 0.15) is 18.4 Å². The van der Waals surface area contributed by atoms with Crippen LogP contribution in [0.4, 0.5) is 13.9 Å². The Kier molecular flexibility index (Phi) is 1.99. The highest BCUT2D eigenvalue weighted by Gasteiger charge is 2.67. The van der Waals surface area contributed by atoms with Crippen molar-refractivity contribution in [2.24, 2.45) is 5.41 Å². The first-order chi connectivity index (χ1) is 6.43. The summed E-state index contributed by atoms with van der Waals surface area (Å²) in [4.78, 5) is 0. The molecule has 1 N–H and O–H groups in total. The van der Waals surface area contributed by atoms with Gasteiger partial charge in [-0.2, -0.15) is 0 Å². The molecular weight excluding hydrogens is 208 g/mol. The molecule has 0 spiro atoms. The van der Waals surface area contributed by atoms with Gasteiger partial charge in [0.15, 0.2) is 0 Å². The van der Waals surface area contributed by atoms with E-state index >= 15 is 0 Å². The Bertz CT molecular complexity index is 352. The Labute approximate surface area is 84.5 Å². The Hall–Kier alpha value is -0.780. The van der Waals surface area contributed by atoms with Crippen LogP contribution in [0.5, 0.6) is 0 Å². The molecule has 0 saturated heterocycles. The summed E-state index contributed by atoms with van der Waals surface area (Å²) in [5, 5.41) is 11.9. The predicted molar refractivity (Wildman–Crippen MR) is 50.8 cm³/mol. The average Bonchev–Trinajstić information content (AvgIpc) is 2.46. The zero-order chi connectivity index (χ0) is 10.4. The van der Waals surface area contributed by atoms with Gasteiger partial charge >= 0.3 is 0 Å². The van der Waals surface area contributed by atoms with Crippen molar-refractivity contribution in [1.82, 2.24) is 10.2 Å². The molecular formula is C8H11F2N3S. The first-order valence-electron chi connectivity index (χ1n) is 4.35. The standard InChI is InChI=1S/C8H11F2N3S/c1-5-12-13-6(14-5)11-4-7(2)3-8(7,9)10/h3-4H2,1-2H3,(H,11,13). The number of rotatable bonds is 3. The van der Waals surface area contributed by atoms with Gasteiger partial charge in [0.1, 0.15) is 5.01 Å². The van der Waals surface area contributed by atoms with Gasteiger partial charge in [-0.1, -0.05) is 18.3 Å². The molecule has 0 bridgehead atoms. The fourth-order valence-electron chi connectivity index (χ4n) is 1.28. The van der Waals surface area contributed by atoms with Crippen LogP contribution in [0.25, 0.3) is 0 Å². The number of hydrogen-bond acceptors (Lipinski definition) is 4. The first-order valence-corrected chi connectivity index (χ1v) is 5.16. The minimum Gasteiger partial charge on any atom is -0.359 e. The first kappa shape index (κ1) is 9.76. The van der Waals surface area contributed by atoms with Crippen molar-refractivity contribution in [2.45, 2.75) is 26.2 Å². The van der Waals surface area contributed by atoms with Crippen molar-refractivity contribution in [3.8, 4) is 0 Å². The van der Waals surface area contributed by atoms with E-state index in [2.05, 4.69) is 15.5 Å². The second-order valence-corrected chi connectivity index (χ2v) is 5.10. The van der Waals surface area contributed by atoms with E-state index in [4.69, 9.17) is 0 Å². The topological polar surface area (TPSA) is 37.8 Å². The molecule has 0 aliphatic heterocycles. The quantitative estimate of drug-likeness (QED) is 0.847. The lowest BCUT2D eigenvalue weighted by molar-refractivity contribution is 0.0742. The van der Waals surface area contributed by atoms with Crippen molar-refractivity contribution in [3.63, 3.8) is 0 Å². The molecule has 1 heterocycles. The van der Waals surface area contributed by atoms with E-state index in [0.717, 1.165) is 5.01 Å². The molecule has 6 heteroatoms. The molecule has 1 fully saturated rings. The number of aryl methyl sites for hydroxylation is 1. The molecule has 1 atom stereocenters. The fraction of sp³-hybridized carbons (Fsp3) is 0.750. The average molecular weight is 219 g/mol. The fourth-order valence-corrected chi connectivity index (χ4v) is 1.86. The third-order valence-corrected chi connectivity index (χ3v) is 3.32. The predicted octanol–water partition coefficient (Wildman–Crippen LogP) is 2.30. The molecule has 0 amide bonds. The summed E-state index contributed by atoms with van der Waals surface area (Å²) >= 11 is 1.38. The lowest BCUT2D eigenvalue weighted by atomic mass is 10.1. The van der Waals surface area contributed by atoms with Crippen LogP contribution in [0.2, 0.25) is 0 Å². The molecule has 1 aromatic rings. The van der Waals surface area contributed by atoms with E-state index in [0.29, 0.717) is 5.13 Å². The normalized spacial score (nSPS) is 28.9. The maximum absolute atomic E-state index is 12.8.